The lowest BCUT2D eigenvalue weighted by Gasteiger charge is -2.24. The van der Waals surface area contributed by atoms with E-state index < -0.39 is 11.7 Å². The second-order valence-corrected chi connectivity index (χ2v) is 7.32. The van der Waals surface area contributed by atoms with Gasteiger partial charge in [-0.05, 0) is 30.5 Å². The third-order valence-electron chi connectivity index (χ3n) is 4.74. The van der Waals surface area contributed by atoms with Crippen LogP contribution in [-0.2, 0) is 22.2 Å². The molecular weight excluding hydrogens is 421 g/mol. The molecule has 1 atom stereocenters. The average Bonchev–Trinajstić information content (AvgIpc) is 2.69. The van der Waals surface area contributed by atoms with Crippen LogP contribution in [0, 0.1) is 5.92 Å². The molecule has 0 unspecified atom stereocenters. The second-order valence-electron chi connectivity index (χ2n) is 6.92. The van der Waals surface area contributed by atoms with Crippen LogP contribution in [0.1, 0.15) is 24.0 Å². The van der Waals surface area contributed by atoms with Crippen molar-refractivity contribution in [3.8, 4) is 0 Å². The summed E-state index contributed by atoms with van der Waals surface area (Å²) >= 11 is 5.81. The Labute approximate surface area is 176 Å². The quantitative estimate of drug-likeness (QED) is 0.571. The van der Waals surface area contributed by atoms with Crippen molar-refractivity contribution in [3.63, 3.8) is 0 Å². The van der Waals surface area contributed by atoms with Crippen LogP contribution in [0.25, 0.3) is 0 Å². The van der Waals surface area contributed by atoms with E-state index in [9.17, 15) is 22.8 Å². The van der Waals surface area contributed by atoms with Crippen LogP contribution in [0.15, 0.2) is 36.5 Å². The largest absolute Gasteiger partial charge is 0.417 e. The molecule has 3 N–H and O–H groups in total. The van der Waals surface area contributed by atoms with Crippen molar-refractivity contribution in [1.82, 2.24) is 10.3 Å². The monoisotopic (exact) mass is 440 g/mol. The van der Waals surface area contributed by atoms with E-state index in [0.29, 0.717) is 19.0 Å². The molecular formula is C20H20ClF3N4O2. The fourth-order valence-electron chi connectivity index (χ4n) is 3.15. The molecule has 0 saturated carbocycles. The van der Waals surface area contributed by atoms with Gasteiger partial charge in [0.05, 0.1) is 10.6 Å². The highest BCUT2D eigenvalue weighted by atomic mass is 35.5. The van der Waals surface area contributed by atoms with Gasteiger partial charge in [0.15, 0.2) is 0 Å². The number of amides is 2. The number of carbonyl (C=O) groups excluding carboxylic acids is 2. The molecule has 2 amide bonds. The molecule has 30 heavy (non-hydrogen) atoms. The highest BCUT2D eigenvalue weighted by Crippen LogP contribution is 2.32. The first kappa shape index (κ1) is 21.9. The molecule has 1 aromatic carbocycles. The number of para-hydroxylation sites is 1. The molecule has 1 aliphatic heterocycles. The van der Waals surface area contributed by atoms with E-state index in [0.717, 1.165) is 17.3 Å². The Balaban J connectivity index is 1.39. The number of hydrogen-bond donors (Lipinski definition) is 3. The predicted molar refractivity (Wildman–Crippen MR) is 107 cm³/mol. The standard InChI is InChI=1S/C20H20ClF3N4O2/c21-15-10-14(20(22,23)24)11-27-18(15)26-8-7-25-17(29)6-5-13-9-12-3-1-2-4-16(12)28-19(13)30/h1-4,10-11,13H,5-9H2,(H,25,29)(H,26,27)(H,28,30)/t13-/m0/s1. The van der Waals surface area contributed by atoms with Crippen molar-refractivity contribution in [2.45, 2.75) is 25.4 Å². The Morgan fingerprint density at radius 2 is 2.03 bits per heavy atom. The summed E-state index contributed by atoms with van der Waals surface area (Å²) in [6.07, 6.45) is -2.61. The molecule has 6 nitrogen and oxygen atoms in total. The van der Waals surface area contributed by atoms with Crippen LogP contribution in [0.5, 0.6) is 0 Å². The van der Waals surface area contributed by atoms with Gasteiger partial charge in [-0.2, -0.15) is 13.2 Å². The maximum Gasteiger partial charge on any atom is 0.417 e. The van der Waals surface area contributed by atoms with Crippen LogP contribution in [0.4, 0.5) is 24.7 Å². The zero-order valence-electron chi connectivity index (χ0n) is 15.9. The first-order valence-electron chi connectivity index (χ1n) is 9.36. The summed E-state index contributed by atoms with van der Waals surface area (Å²) in [5.74, 6) is -0.462. The molecule has 2 heterocycles. The Hall–Kier alpha value is -2.81. The number of carbonyl (C=O) groups is 2. The minimum Gasteiger partial charge on any atom is -0.367 e. The summed E-state index contributed by atoms with van der Waals surface area (Å²) < 4.78 is 37.8. The minimum atomic E-state index is -4.51. The minimum absolute atomic E-state index is 0.0915. The van der Waals surface area contributed by atoms with Gasteiger partial charge in [0, 0.05) is 37.3 Å². The molecule has 0 spiro atoms. The normalized spacial score (nSPS) is 15.9. The first-order valence-corrected chi connectivity index (χ1v) is 9.74. The lowest BCUT2D eigenvalue weighted by atomic mass is 9.89. The van der Waals surface area contributed by atoms with E-state index in [4.69, 9.17) is 11.6 Å². The number of nitrogens with one attached hydrogen (secondary N) is 3. The van der Waals surface area contributed by atoms with E-state index in [-0.39, 0.29) is 48.1 Å². The van der Waals surface area contributed by atoms with Crippen LogP contribution >= 0.6 is 11.6 Å². The summed E-state index contributed by atoms with van der Waals surface area (Å²) in [6, 6.07) is 8.36. The smallest absolute Gasteiger partial charge is 0.367 e. The van der Waals surface area contributed by atoms with Gasteiger partial charge in [-0.15, -0.1) is 0 Å². The van der Waals surface area contributed by atoms with E-state index >= 15 is 0 Å². The molecule has 0 radical (unpaired) electrons. The molecule has 0 fully saturated rings. The predicted octanol–water partition coefficient (Wildman–Crippen LogP) is 3.87. The molecule has 1 aromatic heterocycles. The highest BCUT2D eigenvalue weighted by molar-refractivity contribution is 6.32. The molecule has 3 rings (SSSR count). The summed E-state index contributed by atoms with van der Waals surface area (Å²) in [5, 5.41) is 8.18. The summed E-state index contributed by atoms with van der Waals surface area (Å²) in [5.41, 5.74) is 0.929. The number of pyridine rings is 1. The fraction of sp³-hybridized carbons (Fsp3) is 0.350. The van der Waals surface area contributed by atoms with Gasteiger partial charge >= 0.3 is 6.18 Å². The number of halogens is 4. The lowest BCUT2D eigenvalue weighted by Crippen LogP contribution is -2.33. The maximum atomic E-state index is 12.6. The van der Waals surface area contributed by atoms with E-state index in [1.165, 1.54) is 0 Å². The van der Waals surface area contributed by atoms with Gasteiger partial charge in [0.2, 0.25) is 11.8 Å². The molecule has 1 aliphatic rings. The lowest BCUT2D eigenvalue weighted by molar-refractivity contribution is -0.137. The SMILES string of the molecule is O=C(CC[C@H]1Cc2ccccc2NC1=O)NCCNc1ncc(C(F)(F)F)cc1Cl. The van der Waals surface area contributed by atoms with E-state index in [2.05, 4.69) is 20.9 Å². The number of rotatable bonds is 7. The van der Waals surface area contributed by atoms with Crippen molar-refractivity contribution in [2.24, 2.45) is 5.92 Å². The van der Waals surface area contributed by atoms with Gasteiger partial charge in [-0.1, -0.05) is 29.8 Å². The number of alkyl halides is 3. The Morgan fingerprint density at radius 1 is 1.27 bits per heavy atom. The van der Waals surface area contributed by atoms with Gasteiger partial charge in [-0.25, -0.2) is 4.98 Å². The van der Waals surface area contributed by atoms with E-state index in [1.54, 1.807) is 0 Å². The fourth-order valence-corrected chi connectivity index (χ4v) is 3.38. The van der Waals surface area contributed by atoms with Crippen molar-refractivity contribution in [1.29, 1.82) is 0 Å². The molecule has 0 bridgehead atoms. The molecule has 0 saturated heterocycles. The van der Waals surface area contributed by atoms with Crippen molar-refractivity contribution in [3.05, 3.63) is 52.7 Å². The van der Waals surface area contributed by atoms with Crippen LogP contribution in [-0.4, -0.2) is 29.9 Å². The third-order valence-corrected chi connectivity index (χ3v) is 5.03. The van der Waals surface area contributed by atoms with Crippen molar-refractivity contribution >= 4 is 34.9 Å². The van der Waals surface area contributed by atoms with Crippen LogP contribution in [0.2, 0.25) is 5.02 Å². The molecule has 160 valence electrons. The van der Waals surface area contributed by atoms with Crippen LogP contribution < -0.4 is 16.0 Å². The highest BCUT2D eigenvalue weighted by Gasteiger charge is 2.31. The van der Waals surface area contributed by atoms with Crippen molar-refractivity contribution in [2.75, 3.05) is 23.7 Å². The van der Waals surface area contributed by atoms with Gasteiger partial charge in [0.25, 0.3) is 0 Å². The molecule has 10 heteroatoms. The Morgan fingerprint density at radius 3 is 2.77 bits per heavy atom. The maximum absolute atomic E-state index is 12.6. The van der Waals surface area contributed by atoms with Crippen LogP contribution in [0.3, 0.4) is 0 Å². The topological polar surface area (TPSA) is 83.1 Å². The average molecular weight is 441 g/mol. The van der Waals surface area contributed by atoms with Crippen molar-refractivity contribution < 1.29 is 22.8 Å². The van der Waals surface area contributed by atoms with Gasteiger partial charge < -0.3 is 16.0 Å². The number of fused-ring (bicyclic) bond motifs is 1. The van der Waals surface area contributed by atoms with E-state index in [1.807, 2.05) is 24.3 Å². The summed E-state index contributed by atoms with van der Waals surface area (Å²) in [6.45, 7) is 0.471. The zero-order valence-corrected chi connectivity index (χ0v) is 16.6. The number of benzene rings is 1. The Bertz CT molecular complexity index is 937. The molecule has 2 aromatic rings. The number of aromatic nitrogens is 1. The first-order chi connectivity index (χ1) is 14.2. The molecule has 0 aliphatic carbocycles. The summed E-state index contributed by atoms with van der Waals surface area (Å²) in [7, 11) is 0. The number of anilines is 2. The number of nitrogens with zero attached hydrogens (tertiary/aromatic N) is 1. The van der Waals surface area contributed by atoms with Gasteiger partial charge in [0.1, 0.15) is 5.82 Å². The number of hydrogen-bond acceptors (Lipinski definition) is 4. The Kier molecular flexibility index (Phi) is 6.81. The van der Waals surface area contributed by atoms with Gasteiger partial charge in [-0.3, -0.25) is 9.59 Å². The summed E-state index contributed by atoms with van der Waals surface area (Å²) in [4.78, 5) is 27.9. The second kappa shape index (κ2) is 9.34. The third kappa shape index (κ3) is 5.63. The zero-order chi connectivity index (χ0) is 21.7.